The van der Waals surface area contributed by atoms with Gasteiger partial charge in [0.05, 0.1) is 5.02 Å². The van der Waals surface area contributed by atoms with E-state index in [1.165, 1.54) is 11.1 Å². The Morgan fingerprint density at radius 3 is 2.71 bits per heavy atom. The van der Waals surface area contributed by atoms with Gasteiger partial charge in [-0.15, -0.1) is 0 Å². The molecule has 0 aliphatic heterocycles. The minimum atomic E-state index is 0.652. The van der Waals surface area contributed by atoms with Gasteiger partial charge >= 0.3 is 0 Å². The van der Waals surface area contributed by atoms with Gasteiger partial charge in [0, 0.05) is 0 Å². The topological polar surface area (TPSA) is 9.23 Å². The Labute approximate surface area is 105 Å². The van der Waals surface area contributed by atoms with Crippen LogP contribution in [0, 0.1) is 0 Å². The van der Waals surface area contributed by atoms with Crippen molar-refractivity contribution in [2.45, 2.75) is 6.42 Å². The maximum absolute atomic E-state index is 6.20. The molecule has 2 aromatic carbocycles. The van der Waals surface area contributed by atoms with Crippen LogP contribution in [0.25, 0.3) is 6.08 Å². The van der Waals surface area contributed by atoms with Crippen molar-refractivity contribution < 1.29 is 4.74 Å². The molecule has 2 heteroatoms. The molecule has 0 saturated carbocycles. The molecule has 0 bridgehead atoms. The zero-order chi connectivity index (χ0) is 11.7. The van der Waals surface area contributed by atoms with Gasteiger partial charge in [-0.3, -0.25) is 0 Å². The molecule has 0 fully saturated rings. The summed E-state index contributed by atoms with van der Waals surface area (Å²) >= 11 is 6.20. The molecule has 17 heavy (non-hydrogen) atoms. The van der Waals surface area contributed by atoms with E-state index in [1.54, 1.807) is 0 Å². The third-order valence-corrected chi connectivity index (χ3v) is 3.10. The average Bonchev–Trinajstić information content (AvgIpc) is 2.78. The summed E-state index contributed by atoms with van der Waals surface area (Å²) in [5.41, 5.74) is 2.45. The molecule has 1 nitrogen and oxygen atoms in total. The number of fused-ring (bicyclic) bond motifs is 1. The first-order chi connectivity index (χ1) is 8.33. The number of rotatable bonds is 2. The molecule has 1 aliphatic rings. The van der Waals surface area contributed by atoms with Gasteiger partial charge in [-0.25, -0.2) is 0 Å². The lowest BCUT2D eigenvalue weighted by Gasteiger charge is -2.09. The van der Waals surface area contributed by atoms with Crippen molar-refractivity contribution in [1.82, 2.24) is 0 Å². The Balaban J connectivity index is 1.95. The fourth-order valence-corrected chi connectivity index (χ4v) is 2.16. The summed E-state index contributed by atoms with van der Waals surface area (Å²) in [6.07, 6.45) is 5.18. The predicted molar refractivity (Wildman–Crippen MR) is 70.7 cm³/mol. The first kappa shape index (κ1) is 10.4. The van der Waals surface area contributed by atoms with Crippen molar-refractivity contribution in [2.75, 3.05) is 0 Å². The van der Waals surface area contributed by atoms with Gasteiger partial charge in [0.15, 0.2) is 0 Å². The number of allylic oxidation sites excluding steroid dienone is 1. The van der Waals surface area contributed by atoms with Gasteiger partial charge in [0.2, 0.25) is 0 Å². The van der Waals surface area contributed by atoms with Crippen molar-refractivity contribution in [3.63, 3.8) is 0 Å². The minimum Gasteiger partial charge on any atom is -0.456 e. The molecule has 0 N–H and O–H groups in total. The van der Waals surface area contributed by atoms with E-state index >= 15 is 0 Å². The van der Waals surface area contributed by atoms with Crippen LogP contribution in [-0.4, -0.2) is 0 Å². The van der Waals surface area contributed by atoms with Crippen LogP contribution in [0.3, 0.4) is 0 Å². The third kappa shape index (κ3) is 2.06. The van der Waals surface area contributed by atoms with Crippen LogP contribution in [0.2, 0.25) is 5.02 Å². The van der Waals surface area contributed by atoms with Crippen LogP contribution in [0.15, 0.2) is 48.5 Å². The van der Waals surface area contributed by atoms with Crippen molar-refractivity contribution in [3.8, 4) is 11.5 Å². The second-order valence-electron chi connectivity index (χ2n) is 4.00. The molecule has 0 saturated heterocycles. The highest BCUT2D eigenvalue weighted by Crippen LogP contribution is 2.34. The molecule has 0 radical (unpaired) electrons. The summed E-state index contributed by atoms with van der Waals surface area (Å²) in [6.45, 7) is 0. The summed E-state index contributed by atoms with van der Waals surface area (Å²) in [6, 6.07) is 13.7. The van der Waals surface area contributed by atoms with Gasteiger partial charge in [-0.05, 0) is 41.8 Å². The Hall–Kier alpha value is -1.73. The van der Waals surface area contributed by atoms with Crippen LogP contribution in [0.5, 0.6) is 11.5 Å². The Morgan fingerprint density at radius 1 is 1.06 bits per heavy atom. The normalized spacial score (nSPS) is 12.5. The van der Waals surface area contributed by atoms with Crippen molar-refractivity contribution >= 4 is 17.7 Å². The second kappa shape index (κ2) is 4.27. The zero-order valence-corrected chi connectivity index (χ0v) is 9.95. The number of ether oxygens (including phenoxy) is 1. The molecule has 84 valence electrons. The summed E-state index contributed by atoms with van der Waals surface area (Å²) < 4.78 is 5.77. The van der Waals surface area contributed by atoms with Crippen LogP contribution in [0.1, 0.15) is 11.1 Å². The van der Waals surface area contributed by atoms with E-state index in [1.807, 2.05) is 42.5 Å². The smallest absolute Gasteiger partial charge is 0.146 e. The van der Waals surface area contributed by atoms with Crippen LogP contribution in [0.4, 0.5) is 0 Å². The van der Waals surface area contributed by atoms with Gasteiger partial charge in [-0.2, -0.15) is 0 Å². The highest BCUT2D eigenvalue weighted by atomic mass is 35.5. The van der Waals surface area contributed by atoms with E-state index in [0.717, 1.165) is 17.9 Å². The molecule has 0 heterocycles. The van der Waals surface area contributed by atoms with Gasteiger partial charge in [-0.1, -0.05) is 42.0 Å². The zero-order valence-electron chi connectivity index (χ0n) is 9.19. The lowest BCUT2D eigenvalue weighted by molar-refractivity contribution is 0.482. The molecular weight excluding hydrogens is 232 g/mol. The fourth-order valence-electron chi connectivity index (χ4n) is 1.95. The minimum absolute atomic E-state index is 0.652. The molecule has 0 atom stereocenters. The van der Waals surface area contributed by atoms with Gasteiger partial charge in [0.1, 0.15) is 11.5 Å². The van der Waals surface area contributed by atoms with E-state index in [9.17, 15) is 0 Å². The summed E-state index contributed by atoms with van der Waals surface area (Å²) in [5.74, 6) is 1.53. The van der Waals surface area contributed by atoms with Crippen molar-refractivity contribution in [3.05, 3.63) is 64.7 Å². The van der Waals surface area contributed by atoms with Crippen LogP contribution < -0.4 is 4.74 Å². The van der Waals surface area contributed by atoms with Gasteiger partial charge in [0.25, 0.3) is 0 Å². The molecular formula is C15H11ClO. The molecule has 3 rings (SSSR count). The number of halogens is 1. The fraction of sp³-hybridized carbons (Fsp3) is 0.0667. The monoisotopic (exact) mass is 242 g/mol. The summed E-state index contributed by atoms with van der Waals surface area (Å²) in [5, 5.41) is 0.652. The maximum atomic E-state index is 6.20. The Bertz CT molecular complexity index is 573. The van der Waals surface area contributed by atoms with E-state index in [0.29, 0.717) is 5.02 Å². The lowest BCUT2D eigenvalue weighted by atomic mass is 10.1. The largest absolute Gasteiger partial charge is 0.456 e. The number of hydrogen-bond donors (Lipinski definition) is 0. The number of benzene rings is 2. The van der Waals surface area contributed by atoms with E-state index < -0.39 is 0 Å². The van der Waals surface area contributed by atoms with E-state index in [-0.39, 0.29) is 0 Å². The van der Waals surface area contributed by atoms with Crippen LogP contribution >= 0.6 is 11.6 Å². The van der Waals surface area contributed by atoms with Crippen molar-refractivity contribution in [2.24, 2.45) is 0 Å². The van der Waals surface area contributed by atoms with Crippen LogP contribution in [-0.2, 0) is 6.42 Å². The Morgan fingerprint density at radius 2 is 1.88 bits per heavy atom. The first-order valence-electron chi connectivity index (χ1n) is 5.55. The average molecular weight is 243 g/mol. The first-order valence-corrected chi connectivity index (χ1v) is 5.92. The third-order valence-electron chi connectivity index (χ3n) is 2.80. The molecule has 2 aromatic rings. The van der Waals surface area contributed by atoms with Gasteiger partial charge < -0.3 is 4.74 Å². The highest BCUT2D eigenvalue weighted by Gasteiger charge is 2.11. The highest BCUT2D eigenvalue weighted by molar-refractivity contribution is 6.32. The maximum Gasteiger partial charge on any atom is 0.146 e. The SMILES string of the molecule is Clc1cc2c(cc1Oc1ccccc1)CC=C2. The standard InChI is InChI=1S/C15H11ClO/c16-14-9-11-5-4-6-12(11)10-15(14)17-13-7-2-1-3-8-13/h1-5,7-10H,6H2. The summed E-state index contributed by atoms with van der Waals surface area (Å²) in [4.78, 5) is 0. The van der Waals surface area contributed by atoms with E-state index in [2.05, 4.69) is 12.2 Å². The second-order valence-corrected chi connectivity index (χ2v) is 4.41. The van der Waals surface area contributed by atoms with Crippen molar-refractivity contribution in [1.29, 1.82) is 0 Å². The predicted octanol–water partition coefficient (Wildman–Crippen LogP) is 4.70. The summed E-state index contributed by atoms with van der Waals surface area (Å²) in [7, 11) is 0. The molecule has 0 amide bonds. The quantitative estimate of drug-likeness (QED) is 0.742. The molecule has 0 aromatic heterocycles. The molecule has 0 spiro atoms. The Kier molecular flexibility index (Phi) is 2.62. The number of para-hydroxylation sites is 1. The lowest BCUT2D eigenvalue weighted by Crippen LogP contribution is -1.89. The molecule has 1 aliphatic carbocycles. The number of hydrogen-bond acceptors (Lipinski definition) is 1. The van der Waals surface area contributed by atoms with E-state index in [4.69, 9.17) is 16.3 Å². The molecule has 0 unspecified atom stereocenters.